The quantitative estimate of drug-likeness (QED) is 0.875. The van der Waals surface area contributed by atoms with E-state index < -0.39 is 0 Å². The molecule has 1 aromatic rings. The number of hydrogen-bond acceptors (Lipinski definition) is 4. The van der Waals surface area contributed by atoms with E-state index in [1.807, 2.05) is 6.92 Å². The van der Waals surface area contributed by atoms with Crippen LogP contribution in [0.25, 0.3) is 0 Å². The van der Waals surface area contributed by atoms with Crippen LogP contribution in [-0.4, -0.2) is 16.0 Å². The second-order valence-corrected chi connectivity index (χ2v) is 6.20. The van der Waals surface area contributed by atoms with Crippen molar-refractivity contribution in [3.63, 3.8) is 0 Å². The van der Waals surface area contributed by atoms with Gasteiger partial charge in [0.05, 0.1) is 0 Å². The molecule has 19 heavy (non-hydrogen) atoms. The molecular formula is C15H26N4. The average Bonchev–Trinajstić information content (AvgIpc) is 2.37. The Morgan fingerprint density at radius 1 is 1.16 bits per heavy atom. The van der Waals surface area contributed by atoms with E-state index in [0.717, 1.165) is 23.1 Å². The zero-order valence-corrected chi connectivity index (χ0v) is 12.5. The Hall–Kier alpha value is -1.32. The van der Waals surface area contributed by atoms with Gasteiger partial charge in [0, 0.05) is 17.5 Å². The number of nitrogens with zero attached hydrogens (tertiary/aromatic N) is 2. The predicted octanol–water partition coefficient (Wildman–Crippen LogP) is 3.48. The number of anilines is 2. The molecule has 4 nitrogen and oxygen atoms in total. The molecule has 106 valence electrons. The summed E-state index contributed by atoms with van der Waals surface area (Å²) in [6.45, 7) is 8.51. The lowest BCUT2D eigenvalue weighted by molar-refractivity contribution is 0.360. The summed E-state index contributed by atoms with van der Waals surface area (Å²) in [6, 6.07) is 0.532. The van der Waals surface area contributed by atoms with Crippen molar-refractivity contribution in [3.8, 4) is 0 Å². The maximum atomic E-state index is 6.00. The third kappa shape index (κ3) is 3.37. The molecule has 0 aliphatic heterocycles. The Bertz CT molecular complexity index is 434. The highest BCUT2D eigenvalue weighted by molar-refractivity contribution is 5.55. The Kier molecular flexibility index (Phi) is 4.27. The fourth-order valence-corrected chi connectivity index (χ4v) is 2.55. The van der Waals surface area contributed by atoms with E-state index in [9.17, 15) is 0 Å². The molecule has 0 atom stereocenters. The Morgan fingerprint density at radius 2 is 1.79 bits per heavy atom. The highest BCUT2D eigenvalue weighted by atomic mass is 15.1. The third-order valence-corrected chi connectivity index (χ3v) is 4.07. The standard InChI is InChI=1S/C15H26N4/c1-9(2)14-18-13(16)11(4)15(19-14)17-12-7-5-10(3)6-8-12/h9-10,12H,5-8H2,1-4H3,(H3,16,17,18,19). The van der Waals surface area contributed by atoms with Crippen LogP contribution in [0.1, 0.15) is 63.8 Å². The van der Waals surface area contributed by atoms with Gasteiger partial charge in [0.1, 0.15) is 17.5 Å². The maximum absolute atomic E-state index is 6.00. The molecule has 0 amide bonds. The molecule has 1 saturated carbocycles. The minimum absolute atomic E-state index is 0.301. The summed E-state index contributed by atoms with van der Waals surface area (Å²) in [5.41, 5.74) is 6.97. The van der Waals surface area contributed by atoms with Crippen LogP contribution in [0.4, 0.5) is 11.6 Å². The molecule has 4 heteroatoms. The summed E-state index contributed by atoms with van der Waals surface area (Å²) >= 11 is 0. The molecule has 1 aliphatic carbocycles. The van der Waals surface area contributed by atoms with Crippen LogP contribution in [-0.2, 0) is 0 Å². The molecular weight excluding hydrogens is 236 g/mol. The van der Waals surface area contributed by atoms with Crippen LogP contribution in [0.2, 0.25) is 0 Å². The van der Waals surface area contributed by atoms with Crippen molar-refractivity contribution in [1.82, 2.24) is 9.97 Å². The van der Waals surface area contributed by atoms with E-state index in [2.05, 4.69) is 36.1 Å². The van der Waals surface area contributed by atoms with Crippen LogP contribution in [0.3, 0.4) is 0 Å². The van der Waals surface area contributed by atoms with Gasteiger partial charge in [0.15, 0.2) is 0 Å². The molecule has 0 radical (unpaired) electrons. The van der Waals surface area contributed by atoms with Crippen molar-refractivity contribution in [3.05, 3.63) is 11.4 Å². The van der Waals surface area contributed by atoms with Crippen molar-refractivity contribution in [2.75, 3.05) is 11.1 Å². The van der Waals surface area contributed by atoms with Gasteiger partial charge in [-0.2, -0.15) is 0 Å². The largest absolute Gasteiger partial charge is 0.383 e. The molecule has 0 unspecified atom stereocenters. The van der Waals surface area contributed by atoms with E-state index >= 15 is 0 Å². The monoisotopic (exact) mass is 262 g/mol. The summed E-state index contributed by atoms with van der Waals surface area (Å²) in [5.74, 6) is 3.52. The predicted molar refractivity (Wildman–Crippen MR) is 80.3 cm³/mol. The van der Waals surface area contributed by atoms with E-state index in [1.54, 1.807) is 0 Å². The summed E-state index contributed by atoms with van der Waals surface area (Å²) in [6.07, 6.45) is 5.05. The smallest absolute Gasteiger partial charge is 0.135 e. The van der Waals surface area contributed by atoms with Crippen molar-refractivity contribution in [2.45, 2.75) is 65.3 Å². The molecule has 0 bridgehead atoms. The Labute approximate surface area is 116 Å². The summed E-state index contributed by atoms with van der Waals surface area (Å²) < 4.78 is 0. The third-order valence-electron chi connectivity index (χ3n) is 4.07. The van der Waals surface area contributed by atoms with Crippen LogP contribution in [0, 0.1) is 12.8 Å². The van der Waals surface area contributed by atoms with Crippen LogP contribution in [0.5, 0.6) is 0 Å². The fourth-order valence-electron chi connectivity index (χ4n) is 2.55. The summed E-state index contributed by atoms with van der Waals surface area (Å²) in [7, 11) is 0. The highest BCUT2D eigenvalue weighted by Crippen LogP contribution is 2.28. The fraction of sp³-hybridized carbons (Fsp3) is 0.733. The minimum Gasteiger partial charge on any atom is -0.383 e. The second kappa shape index (κ2) is 5.76. The molecule has 3 N–H and O–H groups in total. The lowest BCUT2D eigenvalue weighted by atomic mass is 9.87. The molecule has 1 aromatic heterocycles. The number of rotatable bonds is 3. The number of hydrogen-bond donors (Lipinski definition) is 2. The summed E-state index contributed by atoms with van der Waals surface area (Å²) in [4.78, 5) is 9.01. The molecule has 1 aliphatic rings. The van der Waals surface area contributed by atoms with Gasteiger partial charge in [0.2, 0.25) is 0 Å². The van der Waals surface area contributed by atoms with Gasteiger partial charge in [-0.15, -0.1) is 0 Å². The molecule has 0 aromatic carbocycles. The molecule has 2 rings (SSSR count). The average molecular weight is 262 g/mol. The first-order chi connectivity index (χ1) is 8.97. The first-order valence-electron chi connectivity index (χ1n) is 7.38. The van der Waals surface area contributed by atoms with Gasteiger partial charge in [0.25, 0.3) is 0 Å². The van der Waals surface area contributed by atoms with Crippen molar-refractivity contribution in [2.24, 2.45) is 5.92 Å². The topological polar surface area (TPSA) is 63.8 Å². The molecule has 0 saturated heterocycles. The zero-order valence-electron chi connectivity index (χ0n) is 12.5. The van der Waals surface area contributed by atoms with Crippen LogP contribution < -0.4 is 11.1 Å². The van der Waals surface area contributed by atoms with Crippen LogP contribution in [0.15, 0.2) is 0 Å². The SMILES string of the molecule is Cc1c(N)nc(C(C)C)nc1NC1CCC(C)CC1. The van der Waals surface area contributed by atoms with Crippen molar-refractivity contribution >= 4 is 11.6 Å². The Morgan fingerprint density at radius 3 is 2.37 bits per heavy atom. The summed E-state index contributed by atoms with van der Waals surface area (Å²) in [5, 5.41) is 3.57. The number of aromatic nitrogens is 2. The minimum atomic E-state index is 0.301. The first-order valence-corrected chi connectivity index (χ1v) is 7.38. The maximum Gasteiger partial charge on any atom is 0.135 e. The normalized spacial score (nSPS) is 23.6. The van der Waals surface area contributed by atoms with Crippen molar-refractivity contribution in [1.29, 1.82) is 0 Å². The van der Waals surface area contributed by atoms with Gasteiger partial charge < -0.3 is 11.1 Å². The molecule has 1 heterocycles. The number of nitrogen functional groups attached to an aromatic ring is 1. The van der Waals surface area contributed by atoms with E-state index in [0.29, 0.717) is 17.8 Å². The van der Waals surface area contributed by atoms with Crippen LogP contribution >= 0.6 is 0 Å². The van der Waals surface area contributed by atoms with Crippen molar-refractivity contribution < 1.29 is 0 Å². The highest BCUT2D eigenvalue weighted by Gasteiger charge is 2.20. The lowest BCUT2D eigenvalue weighted by Crippen LogP contribution is -2.26. The van der Waals surface area contributed by atoms with Gasteiger partial charge in [-0.1, -0.05) is 20.8 Å². The van der Waals surface area contributed by atoms with E-state index in [1.165, 1.54) is 25.7 Å². The van der Waals surface area contributed by atoms with E-state index in [4.69, 9.17) is 5.73 Å². The van der Waals surface area contributed by atoms with Gasteiger partial charge >= 0.3 is 0 Å². The van der Waals surface area contributed by atoms with Gasteiger partial charge in [-0.25, -0.2) is 9.97 Å². The first kappa shape index (κ1) is 14.1. The lowest BCUT2D eigenvalue weighted by Gasteiger charge is -2.28. The number of nitrogens with two attached hydrogens (primary N) is 1. The molecule has 0 spiro atoms. The van der Waals surface area contributed by atoms with Gasteiger partial charge in [-0.05, 0) is 38.5 Å². The number of nitrogens with one attached hydrogen (secondary N) is 1. The Balaban J connectivity index is 2.15. The second-order valence-electron chi connectivity index (χ2n) is 6.20. The van der Waals surface area contributed by atoms with E-state index in [-0.39, 0.29) is 0 Å². The zero-order chi connectivity index (χ0) is 14.0. The molecule has 1 fully saturated rings. The van der Waals surface area contributed by atoms with Gasteiger partial charge in [-0.3, -0.25) is 0 Å².